The molecule has 2 aromatic carbocycles. The summed E-state index contributed by atoms with van der Waals surface area (Å²) < 4.78 is 0. The van der Waals surface area contributed by atoms with Crippen molar-refractivity contribution in [2.24, 2.45) is 0 Å². The highest BCUT2D eigenvalue weighted by Gasteiger charge is 2.21. The van der Waals surface area contributed by atoms with Gasteiger partial charge in [0, 0.05) is 23.7 Å². The number of aryl methyl sites for hydroxylation is 1. The SMILES string of the molecule is Cc1ccc2c(c1)CCN(C(=O)c1cccc(Cl)c1)C2. The van der Waals surface area contributed by atoms with E-state index in [0.29, 0.717) is 17.1 Å². The lowest BCUT2D eigenvalue weighted by atomic mass is 9.97. The van der Waals surface area contributed by atoms with Gasteiger partial charge in [-0.2, -0.15) is 0 Å². The van der Waals surface area contributed by atoms with Crippen LogP contribution < -0.4 is 0 Å². The predicted octanol–water partition coefficient (Wildman–Crippen LogP) is 3.85. The maximum atomic E-state index is 12.5. The molecule has 102 valence electrons. The number of carbonyl (C=O) groups excluding carboxylic acids is 1. The first kappa shape index (κ1) is 13.2. The van der Waals surface area contributed by atoms with Crippen LogP contribution in [-0.4, -0.2) is 17.4 Å². The standard InChI is InChI=1S/C17H16ClNO/c1-12-5-6-15-11-19(8-7-13(15)9-12)17(20)14-3-2-4-16(18)10-14/h2-6,9-10H,7-8,11H2,1H3. The van der Waals surface area contributed by atoms with E-state index in [1.807, 2.05) is 17.0 Å². The third kappa shape index (κ3) is 2.56. The van der Waals surface area contributed by atoms with Gasteiger partial charge in [0.15, 0.2) is 0 Å². The average Bonchev–Trinajstić information content (AvgIpc) is 2.46. The van der Waals surface area contributed by atoms with Gasteiger partial charge in [-0.25, -0.2) is 0 Å². The third-order valence-corrected chi connectivity index (χ3v) is 3.97. The first-order valence-electron chi connectivity index (χ1n) is 6.77. The van der Waals surface area contributed by atoms with Crippen LogP contribution in [0.25, 0.3) is 0 Å². The molecule has 0 saturated carbocycles. The van der Waals surface area contributed by atoms with Crippen molar-refractivity contribution in [2.45, 2.75) is 19.9 Å². The van der Waals surface area contributed by atoms with Crippen molar-refractivity contribution in [3.05, 3.63) is 69.7 Å². The van der Waals surface area contributed by atoms with Crippen molar-refractivity contribution in [1.82, 2.24) is 4.90 Å². The van der Waals surface area contributed by atoms with Crippen LogP contribution in [0.4, 0.5) is 0 Å². The molecular formula is C17H16ClNO. The molecule has 1 aliphatic rings. The van der Waals surface area contributed by atoms with Crippen LogP contribution in [0.3, 0.4) is 0 Å². The Morgan fingerprint density at radius 1 is 1.15 bits per heavy atom. The largest absolute Gasteiger partial charge is 0.334 e. The molecule has 0 fully saturated rings. The fraction of sp³-hybridized carbons (Fsp3) is 0.235. The van der Waals surface area contributed by atoms with Gasteiger partial charge >= 0.3 is 0 Å². The lowest BCUT2D eigenvalue weighted by Crippen LogP contribution is -2.35. The number of benzene rings is 2. The highest BCUT2D eigenvalue weighted by molar-refractivity contribution is 6.30. The second kappa shape index (κ2) is 5.29. The fourth-order valence-electron chi connectivity index (χ4n) is 2.66. The number of amides is 1. The highest BCUT2D eigenvalue weighted by atomic mass is 35.5. The Hall–Kier alpha value is -1.80. The monoisotopic (exact) mass is 285 g/mol. The molecule has 0 spiro atoms. The Morgan fingerprint density at radius 3 is 2.80 bits per heavy atom. The van der Waals surface area contributed by atoms with E-state index in [1.54, 1.807) is 12.1 Å². The van der Waals surface area contributed by atoms with Crippen LogP contribution in [0.5, 0.6) is 0 Å². The summed E-state index contributed by atoms with van der Waals surface area (Å²) in [5.74, 6) is 0.0544. The topological polar surface area (TPSA) is 20.3 Å². The number of rotatable bonds is 1. The number of hydrogen-bond acceptors (Lipinski definition) is 1. The molecule has 0 aliphatic carbocycles. The Bertz CT molecular complexity index is 666. The lowest BCUT2D eigenvalue weighted by molar-refractivity contribution is 0.0734. The van der Waals surface area contributed by atoms with E-state index in [4.69, 9.17) is 11.6 Å². The van der Waals surface area contributed by atoms with E-state index >= 15 is 0 Å². The molecule has 1 aliphatic heterocycles. The van der Waals surface area contributed by atoms with E-state index in [-0.39, 0.29) is 5.91 Å². The number of carbonyl (C=O) groups is 1. The van der Waals surface area contributed by atoms with Crippen molar-refractivity contribution in [1.29, 1.82) is 0 Å². The van der Waals surface area contributed by atoms with Gasteiger partial charge in [0.25, 0.3) is 5.91 Å². The summed E-state index contributed by atoms with van der Waals surface area (Å²) in [6, 6.07) is 13.6. The second-order valence-corrected chi connectivity index (χ2v) is 5.70. The number of hydrogen-bond donors (Lipinski definition) is 0. The summed E-state index contributed by atoms with van der Waals surface area (Å²) in [5.41, 5.74) is 4.55. The van der Waals surface area contributed by atoms with Crippen molar-refractivity contribution in [2.75, 3.05) is 6.54 Å². The molecule has 20 heavy (non-hydrogen) atoms. The molecule has 0 N–H and O–H groups in total. The molecule has 1 amide bonds. The van der Waals surface area contributed by atoms with E-state index in [1.165, 1.54) is 16.7 Å². The van der Waals surface area contributed by atoms with Gasteiger partial charge in [0.1, 0.15) is 0 Å². The minimum atomic E-state index is 0.0544. The Kier molecular flexibility index (Phi) is 3.49. The summed E-state index contributed by atoms with van der Waals surface area (Å²) in [4.78, 5) is 14.4. The summed E-state index contributed by atoms with van der Waals surface area (Å²) >= 11 is 5.96. The van der Waals surface area contributed by atoms with Gasteiger partial charge in [-0.15, -0.1) is 0 Å². The van der Waals surface area contributed by atoms with Crippen LogP contribution in [0.15, 0.2) is 42.5 Å². The molecule has 2 nitrogen and oxygen atoms in total. The molecule has 3 rings (SSSR count). The van der Waals surface area contributed by atoms with Crippen LogP contribution in [0, 0.1) is 6.92 Å². The zero-order valence-electron chi connectivity index (χ0n) is 11.4. The first-order chi connectivity index (χ1) is 9.63. The molecular weight excluding hydrogens is 270 g/mol. The minimum Gasteiger partial charge on any atom is -0.334 e. The molecule has 0 radical (unpaired) electrons. The molecule has 1 heterocycles. The Morgan fingerprint density at radius 2 is 2.00 bits per heavy atom. The third-order valence-electron chi connectivity index (χ3n) is 3.73. The van der Waals surface area contributed by atoms with Crippen LogP contribution in [0.1, 0.15) is 27.0 Å². The fourth-order valence-corrected chi connectivity index (χ4v) is 2.85. The zero-order chi connectivity index (χ0) is 14.1. The second-order valence-electron chi connectivity index (χ2n) is 5.26. The van der Waals surface area contributed by atoms with Gasteiger partial charge in [-0.1, -0.05) is 41.4 Å². The van der Waals surface area contributed by atoms with Crippen molar-refractivity contribution in [3.8, 4) is 0 Å². The summed E-state index contributed by atoms with van der Waals surface area (Å²) in [5, 5.41) is 0.601. The van der Waals surface area contributed by atoms with Crippen LogP contribution in [0.2, 0.25) is 5.02 Å². The van der Waals surface area contributed by atoms with Gasteiger partial charge in [0.05, 0.1) is 0 Å². The Balaban J connectivity index is 1.83. The smallest absolute Gasteiger partial charge is 0.254 e. The maximum absolute atomic E-state index is 12.5. The van der Waals surface area contributed by atoms with E-state index in [2.05, 4.69) is 25.1 Å². The van der Waals surface area contributed by atoms with Crippen LogP contribution in [-0.2, 0) is 13.0 Å². The Labute approximate surface area is 124 Å². The van der Waals surface area contributed by atoms with E-state index in [0.717, 1.165) is 13.0 Å². The van der Waals surface area contributed by atoms with Gasteiger partial charge < -0.3 is 4.90 Å². The molecule has 3 heteroatoms. The average molecular weight is 286 g/mol. The number of nitrogens with zero attached hydrogens (tertiary/aromatic N) is 1. The normalized spacial score (nSPS) is 14.0. The molecule has 0 unspecified atom stereocenters. The molecule has 0 aromatic heterocycles. The summed E-state index contributed by atoms with van der Waals surface area (Å²) in [6.45, 7) is 3.55. The van der Waals surface area contributed by atoms with Gasteiger partial charge in [-0.05, 0) is 42.7 Å². The van der Waals surface area contributed by atoms with Crippen molar-refractivity contribution >= 4 is 17.5 Å². The molecule has 0 atom stereocenters. The summed E-state index contributed by atoms with van der Waals surface area (Å²) in [6.07, 6.45) is 0.920. The maximum Gasteiger partial charge on any atom is 0.254 e. The zero-order valence-corrected chi connectivity index (χ0v) is 12.2. The van der Waals surface area contributed by atoms with Crippen LogP contribution >= 0.6 is 11.6 Å². The summed E-state index contributed by atoms with van der Waals surface area (Å²) in [7, 11) is 0. The quantitative estimate of drug-likeness (QED) is 0.779. The van der Waals surface area contributed by atoms with E-state index in [9.17, 15) is 4.79 Å². The first-order valence-corrected chi connectivity index (χ1v) is 7.14. The van der Waals surface area contributed by atoms with Gasteiger partial charge in [-0.3, -0.25) is 4.79 Å². The van der Waals surface area contributed by atoms with Crippen molar-refractivity contribution < 1.29 is 4.79 Å². The van der Waals surface area contributed by atoms with Gasteiger partial charge in [0.2, 0.25) is 0 Å². The highest BCUT2D eigenvalue weighted by Crippen LogP contribution is 2.22. The molecule has 0 bridgehead atoms. The number of halogens is 1. The minimum absolute atomic E-state index is 0.0544. The molecule has 0 saturated heterocycles. The van der Waals surface area contributed by atoms with E-state index < -0.39 is 0 Å². The number of fused-ring (bicyclic) bond motifs is 1. The molecule has 2 aromatic rings. The van der Waals surface area contributed by atoms with Crippen molar-refractivity contribution in [3.63, 3.8) is 0 Å². The predicted molar refractivity (Wildman–Crippen MR) is 81.1 cm³/mol. The lowest BCUT2D eigenvalue weighted by Gasteiger charge is -2.29.